The number of ether oxygens (including phenoxy) is 2. The SMILES string of the molecule is CCOC(=O)CCN(C)C(=O)N[C@@H](CC(=O)OC)C(=O)O. The molecule has 0 aliphatic rings. The molecular formula is C12H20N2O7. The quantitative estimate of drug-likeness (QED) is 0.585. The fraction of sp³-hybridized carbons (Fsp3) is 0.667. The Hall–Kier alpha value is -2.32. The number of carbonyl (C=O) groups is 4. The van der Waals surface area contributed by atoms with Gasteiger partial charge in [0.05, 0.1) is 26.6 Å². The van der Waals surface area contributed by atoms with Gasteiger partial charge in [-0.3, -0.25) is 9.59 Å². The lowest BCUT2D eigenvalue weighted by molar-refractivity contribution is -0.147. The number of nitrogens with zero attached hydrogens (tertiary/aromatic N) is 1. The molecule has 0 heterocycles. The lowest BCUT2D eigenvalue weighted by Gasteiger charge is -2.20. The second-order valence-corrected chi connectivity index (χ2v) is 4.10. The molecule has 0 rings (SSSR count). The van der Waals surface area contributed by atoms with Crippen molar-refractivity contribution < 1.29 is 33.8 Å². The molecule has 9 heteroatoms. The van der Waals surface area contributed by atoms with Crippen molar-refractivity contribution in [2.24, 2.45) is 0 Å². The van der Waals surface area contributed by atoms with E-state index in [2.05, 4.69) is 10.1 Å². The average molecular weight is 304 g/mol. The summed E-state index contributed by atoms with van der Waals surface area (Å²) in [5.41, 5.74) is 0. The molecule has 0 radical (unpaired) electrons. The van der Waals surface area contributed by atoms with Crippen molar-refractivity contribution in [3.05, 3.63) is 0 Å². The number of carboxylic acid groups (broad SMARTS) is 1. The molecule has 0 aromatic heterocycles. The fourth-order valence-electron chi connectivity index (χ4n) is 1.30. The Labute approximate surface area is 122 Å². The molecule has 0 aromatic rings. The van der Waals surface area contributed by atoms with Gasteiger partial charge in [0.25, 0.3) is 0 Å². The molecule has 2 N–H and O–H groups in total. The first-order valence-corrected chi connectivity index (χ1v) is 6.28. The molecule has 1 atom stereocenters. The molecule has 0 bridgehead atoms. The minimum Gasteiger partial charge on any atom is -0.480 e. The maximum atomic E-state index is 11.7. The number of aliphatic carboxylic acids is 1. The molecule has 0 fully saturated rings. The third-order valence-electron chi connectivity index (χ3n) is 2.50. The van der Waals surface area contributed by atoms with E-state index in [1.165, 1.54) is 7.05 Å². The molecule has 9 nitrogen and oxygen atoms in total. The summed E-state index contributed by atoms with van der Waals surface area (Å²) < 4.78 is 9.06. The summed E-state index contributed by atoms with van der Waals surface area (Å²) >= 11 is 0. The maximum absolute atomic E-state index is 11.7. The van der Waals surface area contributed by atoms with Crippen LogP contribution < -0.4 is 5.32 Å². The van der Waals surface area contributed by atoms with Crippen LogP contribution in [-0.2, 0) is 23.9 Å². The van der Waals surface area contributed by atoms with Gasteiger partial charge in [-0.15, -0.1) is 0 Å². The van der Waals surface area contributed by atoms with Crippen molar-refractivity contribution in [1.29, 1.82) is 0 Å². The highest BCUT2D eigenvalue weighted by Crippen LogP contribution is 1.98. The van der Waals surface area contributed by atoms with Crippen LogP contribution in [0.15, 0.2) is 0 Å². The van der Waals surface area contributed by atoms with Crippen LogP contribution in [0.25, 0.3) is 0 Å². The van der Waals surface area contributed by atoms with E-state index >= 15 is 0 Å². The van der Waals surface area contributed by atoms with Gasteiger partial charge in [-0.1, -0.05) is 0 Å². The van der Waals surface area contributed by atoms with E-state index in [0.29, 0.717) is 0 Å². The monoisotopic (exact) mass is 304 g/mol. The van der Waals surface area contributed by atoms with Gasteiger partial charge in [0.15, 0.2) is 0 Å². The zero-order chi connectivity index (χ0) is 16.4. The van der Waals surface area contributed by atoms with Crippen molar-refractivity contribution in [2.45, 2.75) is 25.8 Å². The predicted molar refractivity (Wildman–Crippen MR) is 70.5 cm³/mol. The van der Waals surface area contributed by atoms with Crippen LogP contribution in [0.1, 0.15) is 19.8 Å². The van der Waals surface area contributed by atoms with Crippen LogP contribution >= 0.6 is 0 Å². The number of hydrogen-bond donors (Lipinski definition) is 2. The second-order valence-electron chi connectivity index (χ2n) is 4.10. The highest BCUT2D eigenvalue weighted by atomic mass is 16.5. The Morgan fingerprint density at radius 1 is 1.24 bits per heavy atom. The molecule has 21 heavy (non-hydrogen) atoms. The standard InChI is InChI=1S/C12H20N2O7/c1-4-21-9(15)5-6-14(2)12(19)13-8(11(17)18)7-10(16)20-3/h8H,4-7H2,1-3H3,(H,13,19)(H,17,18)/t8-/m0/s1. The minimum absolute atomic E-state index is 0.00744. The third-order valence-corrected chi connectivity index (χ3v) is 2.50. The van der Waals surface area contributed by atoms with E-state index < -0.39 is 36.4 Å². The zero-order valence-corrected chi connectivity index (χ0v) is 12.2. The van der Waals surface area contributed by atoms with Crippen molar-refractivity contribution in [3.8, 4) is 0 Å². The van der Waals surface area contributed by atoms with Gasteiger partial charge >= 0.3 is 23.9 Å². The van der Waals surface area contributed by atoms with Crippen LogP contribution in [-0.4, -0.2) is 67.3 Å². The van der Waals surface area contributed by atoms with Crippen LogP contribution in [0.5, 0.6) is 0 Å². The number of carboxylic acids is 1. The average Bonchev–Trinajstić information content (AvgIpc) is 2.43. The Bertz CT molecular complexity index is 397. The summed E-state index contributed by atoms with van der Waals surface area (Å²) in [5.74, 6) is -2.56. The second kappa shape index (κ2) is 9.56. The van der Waals surface area contributed by atoms with Gasteiger partial charge < -0.3 is 24.8 Å². The van der Waals surface area contributed by atoms with Gasteiger partial charge in [0.1, 0.15) is 6.04 Å². The summed E-state index contributed by atoms with van der Waals surface area (Å²) in [5, 5.41) is 11.1. The van der Waals surface area contributed by atoms with Crippen molar-refractivity contribution in [2.75, 3.05) is 27.3 Å². The van der Waals surface area contributed by atoms with Crippen LogP contribution in [0.2, 0.25) is 0 Å². The summed E-state index contributed by atoms with van der Waals surface area (Å²) in [6, 6.07) is -2.11. The predicted octanol–water partition coefficient (Wildman–Crippen LogP) is -0.403. The normalized spacial score (nSPS) is 11.2. The van der Waals surface area contributed by atoms with Crippen LogP contribution in [0.4, 0.5) is 4.79 Å². The van der Waals surface area contributed by atoms with Crippen molar-refractivity contribution in [3.63, 3.8) is 0 Å². The molecule has 120 valence electrons. The van der Waals surface area contributed by atoms with Crippen molar-refractivity contribution in [1.82, 2.24) is 10.2 Å². The third kappa shape index (κ3) is 7.75. The number of rotatable bonds is 8. The van der Waals surface area contributed by atoms with Gasteiger partial charge in [-0.2, -0.15) is 0 Å². The first-order valence-electron chi connectivity index (χ1n) is 6.28. The fourth-order valence-corrected chi connectivity index (χ4v) is 1.30. The summed E-state index contributed by atoms with van der Waals surface area (Å²) in [4.78, 5) is 46.0. The largest absolute Gasteiger partial charge is 0.480 e. The Morgan fingerprint density at radius 3 is 2.33 bits per heavy atom. The van der Waals surface area contributed by atoms with E-state index in [1.807, 2.05) is 0 Å². The topological polar surface area (TPSA) is 122 Å². The molecule has 0 aromatic carbocycles. The van der Waals surface area contributed by atoms with Crippen molar-refractivity contribution >= 4 is 23.9 Å². The van der Waals surface area contributed by atoms with Gasteiger partial charge in [0, 0.05) is 13.6 Å². The summed E-state index contributed by atoms with van der Waals surface area (Å²) in [7, 11) is 2.51. The highest BCUT2D eigenvalue weighted by molar-refractivity contribution is 5.86. The smallest absolute Gasteiger partial charge is 0.326 e. The zero-order valence-electron chi connectivity index (χ0n) is 12.2. The Kier molecular flexibility index (Phi) is 8.51. The molecule has 0 unspecified atom stereocenters. The number of carbonyl (C=O) groups excluding carboxylic acids is 3. The lowest BCUT2D eigenvalue weighted by Crippen LogP contribution is -2.48. The van der Waals surface area contributed by atoms with E-state index in [-0.39, 0.29) is 19.6 Å². The Morgan fingerprint density at radius 2 is 1.86 bits per heavy atom. The number of hydrogen-bond acceptors (Lipinski definition) is 6. The van der Waals surface area contributed by atoms with Crippen LogP contribution in [0, 0.1) is 0 Å². The van der Waals surface area contributed by atoms with E-state index in [0.717, 1.165) is 12.0 Å². The number of urea groups is 1. The first kappa shape index (κ1) is 18.7. The van der Waals surface area contributed by atoms with E-state index in [9.17, 15) is 19.2 Å². The van der Waals surface area contributed by atoms with Gasteiger partial charge in [0.2, 0.25) is 0 Å². The first-order chi connectivity index (χ1) is 9.81. The molecule has 0 aliphatic heterocycles. The minimum atomic E-state index is -1.39. The number of nitrogens with one attached hydrogen (secondary N) is 1. The lowest BCUT2D eigenvalue weighted by atomic mass is 10.2. The molecule has 0 spiro atoms. The maximum Gasteiger partial charge on any atom is 0.326 e. The number of methoxy groups -OCH3 is 1. The molecule has 0 aliphatic carbocycles. The van der Waals surface area contributed by atoms with Gasteiger partial charge in [-0.05, 0) is 6.92 Å². The summed E-state index contributed by atoms with van der Waals surface area (Å²) in [6.45, 7) is 1.97. The Balaban J connectivity index is 4.37. The van der Waals surface area contributed by atoms with E-state index in [1.54, 1.807) is 6.92 Å². The van der Waals surface area contributed by atoms with Crippen LogP contribution in [0.3, 0.4) is 0 Å². The number of amides is 2. The molecule has 2 amide bonds. The van der Waals surface area contributed by atoms with E-state index in [4.69, 9.17) is 9.84 Å². The molecule has 0 saturated heterocycles. The summed E-state index contributed by atoms with van der Waals surface area (Å²) in [6.07, 6.45) is -0.490. The van der Waals surface area contributed by atoms with Gasteiger partial charge in [-0.25, -0.2) is 9.59 Å². The highest BCUT2D eigenvalue weighted by Gasteiger charge is 2.25. The molecular weight excluding hydrogens is 284 g/mol. The molecule has 0 saturated carbocycles. The number of esters is 2.